The fraction of sp³-hybridized carbons (Fsp3) is 0.321. The van der Waals surface area contributed by atoms with Crippen molar-refractivity contribution in [3.63, 3.8) is 0 Å². The van der Waals surface area contributed by atoms with Crippen LogP contribution < -0.4 is 25.0 Å². The Kier molecular flexibility index (Phi) is 7.98. The van der Waals surface area contributed by atoms with Crippen LogP contribution in [-0.4, -0.2) is 58.4 Å². The number of hydrogen-bond donors (Lipinski definition) is 3. The third-order valence-corrected chi connectivity index (χ3v) is 8.44. The number of benzene rings is 2. The molecule has 3 N–H and O–H groups in total. The molecular weight excluding hydrogens is 592 g/mol. The van der Waals surface area contributed by atoms with Gasteiger partial charge in [0.1, 0.15) is 11.6 Å². The molecule has 10 nitrogen and oxygen atoms in total. The maximum atomic E-state index is 5.83. The molecule has 0 unspecified atom stereocenters. The van der Waals surface area contributed by atoms with Crippen molar-refractivity contribution in [2.75, 3.05) is 53.7 Å². The molecule has 2 aromatic carbocycles. The van der Waals surface area contributed by atoms with E-state index in [2.05, 4.69) is 64.5 Å². The number of ether oxygens (including phenoxy) is 2. The van der Waals surface area contributed by atoms with Crippen LogP contribution in [0.2, 0.25) is 0 Å². The van der Waals surface area contributed by atoms with Gasteiger partial charge in [0.25, 0.3) is 0 Å². The summed E-state index contributed by atoms with van der Waals surface area (Å²) in [6, 6.07) is 12.3. The Morgan fingerprint density at radius 3 is 2.58 bits per heavy atom. The largest absolute Gasteiger partial charge is 0.494 e. The number of morpholine rings is 1. The molecule has 0 atom stereocenters. The van der Waals surface area contributed by atoms with Gasteiger partial charge in [0.15, 0.2) is 0 Å². The van der Waals surface area contributed by atoms with Gasteiger partial charge in [-0.15, -0.1) is 0 Å². The van der Waals surface area contributed by atoms with Crippen LogP contribution in [0.5, 0.6) is 5.75 Å². The molecule has 1 aliphatic carbocycles. The predicted octanol–water partition coefficient (Wildman–Crippen LogP) is 6.19. The summed E-state index contributed by atoms with van der Waals surface area (Å²) in [5.41, 5.74) is 5.84. The van der Waals surface area contributed by atoms with Gasteiger partial charge < -0.3 is 29.7 Å². The quantitative estimate of drug-likeness (QED) is 0.177. The number of aromatic nitrogens is 4. The van der Waals surface area contributed by atoms with E-state index in [1.807, 2.05) is 37.6 Å². The lowest BCUT2D eigenvalue weighted by Gasteiger charge is -2.31. The zero-order valence-electron chi connectivity index (χ0n) is 22.4. The second kappa shape index (κ2) is 11.9. The molecule has 6 rings (SSSR count). The summed E-state index contributed by atoms with van der Waals surface area (Å²) in [5, 5.41) is 11.9. The molecule has 0 bridgehead atoms. The van der Waals surface area contributed by atoms with Gasteiger partial charge in [-0.2, -0.15) is 10.1 Å². The number of methoxy groups -OCH3 is 1. The van der Waals surface area contributed by atoms with Crippen molar-refractivity contribution in [1.82, 2.24) is 19.7 Å². The molecule has 2 aromatic heterocycles. The number of aryl methyl sites for hydroxylation is 1. The summed E-state index contributed by atoms with van der Waals surface area (Å²) in [4.78, 5) is 11.6. The highest BCUT2D eigenvalue weighted by Crippen LogP contribution is 2.41. The summed E-state index contributed by atoms with van der Waals surface area (Å²) < 4.78 is 17.5. The molecule has 208 valence electrons. The first-order valence-corrected chi connectivity index (χ1v) is 14.9. The van der Waals surface area contributed by atoms with E-state index >= 15 is 0 Å². The van der Waals surface area contributed by atoms with E-state index in [9.17, 15) is 0 Å². The molecule has 2 fully saturated rings. The minimum atomic E-state index is 0.443. The highest BCUT2D eigenvalue weighted by molar-refractivity contribution is 9.10. The highest BCUT2D eigenvalue weighted by atomic mass is 79.9. The summed E-state index contributed by atoms with van der Waals surface area (Å²) in [6.07, 6.45) is 8.16. The fourth-order valence-corrected chi connectivity index (χ4v) is 5.60. The zero-order chi connectivity index (χ0) is 27.5. The van der Waals surface area contributed by atoms with E-state index in [1.165, 1.54) is 12.8 Å². The molecule has 1 aliphatic heterocycles. The SMILES string of the molecule is COc1cc(N2CCOCC2)c(-c2cnn(C)c2)cc1Nc1ncc(Br)c(Nc2ccccc2NSC2CC2)n1. The van der Waals surface area contributed by atoms with Gasteiger partial charge in [-0.1, -0.05) is 12.1 Å². The van der Waals surface area contributed by atoms with Crippen molar-refractivity contribution in [2.24, 2.45) is 7.05 Å². The molecule has 12 heteroatoms. The van der Waals surface area contributed by atoms with E-state index in [4.69, 9.17) is 14.5 Å². The van der Waals surface area contributed by atoms with Crippen LogP contribution in [0.15, 0.2) is 59.5 Å². The van der Waals surface area contributed by atoms with Crippen LogP contribution in [0.4, 0.5) is 34.5 Å². The highest BCUT2D eigenvalue weighted by Gasteiger charge is 2.23. The summed E-state index contributed by atoms with van der Waals surface area (Å²) >= 11 is 5.37. The maximum absolute atomic E-state index is 5.83. The standard InChI is InChI=1S/C28H31BrN8O2S/c1-36-17-18(15-31-36)20-13-24(26(38-2)14-25(20)37-9-11-39-12-10-37)33-28-30-16-21(29)27(34-28)32-22-5-3-4-6-23(22)35-40-19-7-8-19/h3-6,13-17,19,35H,7-12H2,1-2H3,(H2,30,32,33,34). The van der Waals surface area contributed by atoms with Crippen LogP contribution in [0, 0.1) is 0 Å². The molecule has 1 saturated carbocycles. The molecular formula is C28H31BrN8O2S. The smallest absolute Gasteiger partial charge is 0.229 e. The average Bonchev–Trinajstić information content (AvgIpc) is 3.72. The van der Waals surface area contributed by atoms with Crippen LogP contribution in [0.3, 0.4) is 0 Å². The average molecular weight is 624 g/mol. The normalized spacial score (nSPS) is 15.1. The second-order valence-corrected chi connectivity index (χ2v) is 11.6. The minimum Gasteiger partial charge on any atom is -0.494 e. The van der Waals surface area contributed by atoms with E-state index in [0.717, 1.165) is 51.4 Å². The van der Waals surface area contributed by atoms with Crippen LogP contribution >= 0.6 is 27.9 Å². The lowest BCUT2D eigenvalue weighted by molar-refractivity contribution is 0.122. The summed E-state index contributed by atoms with van der Waals surface area (Å²) in [6.45, 7) is 3.00. The second-order valence-electron chi connectivity index (χ2n) is 9.68. The Balaban J connectivity index is 1.30. The van der Waals surface area contributed by atoms with Crippen molar-refractivity contribution < 1.29 is 9.47 Å². The van der Waals surface area contributed by atoms with Crippen LogP contribution in [0.1, 0.15) is 12.8 Å². The lowest BCUT2D eigenvalue weighted by Crippen LogP contribution is -2.36. The number of nitrogens with one attached hydrogen (secondary N) is 3. The van der Waals surface area contributed by atoms with Crippen molar-refractivity contribution >= 4 is 62.4 Å². The van der Waals surface area contributed by atoms with Gasteiger partial charge in [-0.25, -0.2) is 4.98 Å². The Bertz CT molecular complexity index is 1490. The number of hydrogen-bond acceptors (Lipinski definition) is 10. The number of rotatable bonds is 10. The Morgan fingerprint density at radius 1 is 1.05 bits per heavy atom. The van der Waals surface area contributed by atoms with E-state index in [1.54, 1.807) is 29.9 Å². The molecule has 1 saturated heterocycles. The van der Waals surface area contributed by atoms with Crippen LogP contribution in [-0.2, 0) is 11.8 Å². The molecule has 0 radical (unpaired) electrons. The molecule has 40 heavy (non-hydrogen) atoms. The van der Waals surface area contributed by atoms with Crippen LogP contribution in [0.25, 0.3) is 11.1 Å². The molecule has 2 aliphatic rings. The number of nitrogens with zero attached hydrogens (tertiary/aromatic N) is 5. The van der Waals surface area contributed by atoms with Gasteiger partial charge in [0, 0.05) is 60.7 Å². The van der Waals surface area contributed by atoms with Gasteiger partial charge >= 0.3 is 0 Å². The first kappa shape index (κ1) is 26.7. The summed E-state index contributed by atoms with van der Waals surface area (Å²) in [7, 11) is 3.59. The van der Waals surface area contributed by atoms with E-state index < -0.39 is 0 Å². The molecule has 3 heterocycles. The number of anilines is 6. The van der Waals surface area contributed by atoms with Crippen molar-refractivity contribution in [1.29, 1.82) is 0 Å². The third kappa shape index (κ3) is 6.13. The van der Waals surface area contributed by atoms with E-state index in [0.29, 0.717) is 36.0 Å². The number of para-hydroxylation sites is 2. The zero-order valence-corrected chi connectivity index (χ0v) is 24.8. The van der Waals surface area contributed by atoms with Gasteiger partial charge in [0.2, 0.25) is 5.95 Å². The van der Waals surface area contributed by atoms with E-state index in [-0.39, 0.29) is 0 Å². The van der Waals surface area contributed by atoms with Crippen molar-refractivity contribution in [3.8, 4) is 16.9 Å². The minimum absolute atomic E-state index is 0.443. The fourth-order valence-electron chi connectivity index (χ4n) is 4.47. The molecule has 0 spiro atoms. The Hall–Kier alpha value is -3.48. The summed E-state index contributed by atoms with van der Waals surface area (Å²) in [5.74, 6) is 1.79. The first-order valence-electron chi connectivity index (χ1n) is 13.2. The monoisotopic (exact) mass is 622 g/mol. The van der Waals surface area contributed by atoms with Crippen molar-refractivity contribution in [3.05, 3.63) is 59.5 Å². The predicted molar refractivity (Wildman–Crippen MR) is 165 cm³/mol. The molecule has 0 amide bonds. The first-order chi connectivity index (χ1) is 19.6. The molecule has 4 aromatic rings. The Labute approximate surface area is 246 Å². The number of halogens is 1. The maximum Gasteiger partial charge on any atom is 0.229 e. The topological polar surface area (TPSA) is 101 Å². The third-order valence-electron chi connectivity index (χ3n) is 6.72. The van der Waals surface area contributed by atoms with Gasteiger partial charge in [0.05, 0.1) is 48.1 Å². The lowest BCUT2D eigenvalue weighted by atomic mass is 10.0. The van der Waals surface area contributed by atoms with Gasteiger partial charge in [-0.05, 0) is 58.9 Å². The Morgan fingerprint density at radius 2 is 1.85 bits per heavy atom. The van der Waals surface area contributed by atoms with Crippen molar-refractivity contribution in [2.45, 2.75) is 18.1 Å². The van der Waals surface area contributed by atoms with Gasteiger partial charge in [-0.3, -0.25) is 4.68 Å².